The molecular formula is C12H18N2O3. The first-order chi connectivity index (χ1) is 7.97. The van der Waals surface area contributed by atoms with Crippen LogP contribution in [0.15, 0.2) is 23.1 Å². The summed E-state index contributed by atoms with van der Waals surface area (Å²) in [5.41, 5.74) is 0.449. The molecular weight excluding hydrogens is 220 g/mol. The van der Waals surface area contributed by atoms with Crippen molar-refractivity contribution in [1.29, 1.82) is 0 Å². The standard InChI is InChI=1S/C12H18N2O3/c1-12(2,3)17-11(15)13-7-5-4-6-10-8-14-16-9-10/h4,6,8-9H,5,7H2,1-3H3,(H,13,15). The second-order valence-electron chi connectivity index (χ2n) is 4.58. The Morgan fingerprint density at radius 1 is 1.59 bits per heavy atom. The highest BCUT2D eigenvalue weighted by atomic mass is 16.6. The minimum Gasteiger partial charge on any atom is -0.444 e. The summed E-state index contributed by atoms with van der Waals surface area (Å²) in [5, 5.41) is 6.24. The fourth-order valence-electron chi connectivity index (χ4n) is 1.09. The summed E-state index contributed by atoms with van der Waals surface area (Å²) in [6.45, 7) is 6.03. The molecule has 5 heteroatoms. The first-order valence-corrected chi connectivity index (χ1v) is 5.50. The summed E-state index contributed by atoms with van der Waals surface area (Å²) in [5.74, 6) is 0. The van der Waals surface area contributed by atoms with Gasteiger partial charge in [0.15, 0.2) is 0 Å². The van der Waals surface area contributed by atoms with Crippen molar-refractivity contribution in [3.63, 3.8) is 0 Å². The number of aromatic nitrogens is 1. The Morgan fingerprint density at radius 2 is 2.35 bits per heavy atom. The molecule has 1 N–H and O–H groups in total. The molecule has 1 aromatic rings. The van der Waals surface area contributed by atoms with Gasteiger partial charge in [0.2, 0.25) is 0 Å². The third-order valence-electron chi connectivity index (χ3n) is 1.74. The SMILES string of the molecule is CC(C)(C)OC(=O)NCCC=Cc1cnoc1. The smallest absolute Gasteiger partial charge is 0.407 e. The molecule has 0 saturated heterocycles. The monoisotopic (exact) mass is 238 g/mol. The summed E-state index contributed by atoms with van der Waals surface area (Å²) in [7, 11) is 0. The average Bonchev–Trinajstić information content (AvgIpc) is 2.67. The van der Waals surface area contributed by atoms with E-state index in [2.05, 4.69) is 15.0 Å². The van der Waals surface area contributed by atoms with Gasteiger partial charge in [-0.15, -0.1) is 0 Å². The molecule has 1 aromatic heterocycles. The van der Waals surface area contributed by atoms with Gasteiger partial charge in [0.1, 0.15) is 11.9 Å². The van der Waals surface area contributed by atoms with Gasteiger partial charge in [-0.1, -0.05) is 17.3 Å². The predicted octanol–water partition coefficient (Wildman–Crippen LogP) is 2.60. The normalized spacial score (nSPS) is 11.7. The molecule has 0 aliphatic carbocycles. The predicted molar refractivity (Wildman–Crippen MR) is 64.4 cm³/mol. The highest BCUT2D eigenvalue weighted by Crippen LogP contribution is 2.06. The molecule has 0 aliphatic heterocycles. The van der Waals surface area contributed by atoms with Gasteiger partial charge < -0.3 is 14.6 Å². The molecule has 0 bridgehead atoms. The lowest BCUT2D eigenvalue weighted by Gasteiger charge is -2.19. The van der Waals surface area contributed by atoms with Gasteiger partial charge >= 0.3 is 6.09 Å². The molecule has 0 unspecified atom stereocenters. The maximum Gasteiger partial charge on any atom is 0.407 e. The van der Waals surface area contributed by atoms with E-state index in [9.17, 15) is 4.79 Å². The van der Waals surface area contributed by atoms with Gasteiger partial charge in [0.25, 0.3) is 0 Å². The first-order valence-electron chi connectivity index (χ1n) is 5.50. The van der Waals surface area contributed by atoms with Crippen LogP contribution in [0.25, 0.3) is 6.08 Å². The molecule has 0 radical (unpaired) electrons. The molecule has 17 heavy (non-hydrogen) atoms. The summed E-state index contributed by atoms with van der Waals surface area (Å²) in [6.07, 6.45) is 7.33. The summed E-state index contributed by atoms with van der Waals surface area (Å²) in [6, 6.07) is 0. The maximum atomic E-state index is 11.3. The Labute approximate surface area is 101 Å². The number of rotatable bonds is 4. The van der Waals surface area contributed by atoms with Gasteiger partial charge in [-0.2, -0.15) is 0 Å². The highest BCUT2D eigenvalue weighted by molar-refractivity contribution is 5.67. The van der Waals surface area contributed by atoms with Crippen LogP contribution in [-0.2, 0) is 4.74 Å². The van der Waals surface area contributed by atoms with Gasteiger partial charge in [-0.25, -0.2) is 4.79 Å². The fraction of sp³-hybridized carbons (Fsp3) is 0.500. The van der Waals surface area contributed by atoms with Crippen LogP contribution in [0.4, 0.5) is 4.79 Å². The topological polar surface area (TPSA) is 64.4 Å². The zero-order chi connectivity index (χ0) is 12.7. The van der Waals surface area contributed by atoms with Crippen LogP contribution in [0, 0.1) is 0 Å². The average molecular weight is 238 g/mol. The Bertz CT molecular complexity index is 364. The van der Waals surface area contributed by atoms with Crippen molar-refractivity contribution in [1.82, 2.24) is 10.5 Å². The van der Waals surface area contributed by atoms with Crippen LogP contribution in [0.2, 0.25) is 0 Å². The number of hydrogen-bond donors (Lipinski definition) is 1. The van der Waals surface area contributed by atoms with E-state index in [1.807, 2.05) is 32.9 Å². The van der Waals surface area contributed by atoms with Gasteiger partial charge in [0.05, 0.1) is 6.20 Å². The number of carbonyl (C=O) groups is 1. The molecule has 0 aromatic carbocycles. The molecule has 1 rings (SSSR count). The van der Waals surface area contributed by atoms with Crippen LogP contribution in [0.1, 0.15) is 32.8 Å². The molecule has 0 atom stereocenters. The fourth-order valence-corrected chi connectivity index (χ4v) is 1.09. The van der Waals surface area contributed by atoms with E-state index in [4.69, 9.17) is 4.74 Å². The molecule has 1 heterocycles. The molecule has 0 spiro atoms. The summed E-state index contributed by atoms with van der Waals surface area (Å²) < 4.78 is 9.76. The van der Waals surface area contributed by atoms with E-state index < -0.39 is 11.7 Å². The van der Waals surface area contributed by atoms with E-state index in [0.717, 1.165) is 12.0 Å². The van der Waals surface area contributed by atoms with E-state index >= 15 is 0 Å². The van der Waals surface area contributed by atoms with Crippen LogP contribution in [-0.4, -0.2) is 23.4 Å². The van der Waals surface area contributed by atoms with Crippen molar-refractivity contribution < 1.29 is 14.1 Å². The van der Waals surface area contributed by atoms with Crippen molar-refractivity contribution >= 4 is 12.2 Å². The van der Waals surface area contributed by atoms with Gasteiger partial charge in [0, 0.05) is 12.1 Å². The maximum absolute atomic E-state index is 11.3. The van der Waals surface area contributed by atoms with Crippen LogP contribution in [0.3, 0.4) is 0 Å². The highest BCUT2D eigenvalue weighted by Gasteiger charge is 2.14. The second kappa shape index (κ2) is 6.08. The third-order valence-corrected chi connectivity index (χ3v) is 1.74. The van der Waals surface area contributed by atoms with E-state index in [1.165, 1.54) is 0 Å². The van der Waals surface area contributed by atoms with Crippen molar-refractivity contribution in [3.05, 3.63) is 24.1 Å². The summed E-state index contributed by atoms with van der Waals surface area (Å²) >= 11 is 0. The molecule has 0 fully saturated rings. The first kappa shape index (κ1) is 13.3. The van der Waals surface area contributed by atoms with E-state index in [-0.39, 0.29) is 0 Å². The third kappa shape index (κ3) is 6.40. The van der Waals surface area contributed by atoms with Crippen molar-refractivity contribution in [2.75, 3.05) is 6.54 Å². The Kier molecular flexibility index (Phi) is 4.75. The van der Waals surface area contributed by atoms with E-state index in [1.54, 1.807) is 12.5 Å². The zero-order valence-corrected chi connectivity index (χ0v) is 10.4. The molecule has 1 amide bonds. The molecule has 0 aliphatic rings. The number of nitrogens with zero attached hydrogens (tertiary/aromatic N) is 1. The lowest BCUT2D eigenvalue weighted by atomic mass is 10.2. The van der Waals surface area contributed by atoms with Crippen LogP contribution >= 0.6 is 0 Å². The largest absolute Gasteiger partial charge is 0.444 e. The lowest BCUT2D eigenvalue weighted by molar-refractivity contribution is 0.0529. The number of amides is 1. The Hall–Kier alpha value is -1.78. The minimum atomic E-state index is -0.456. The number of nitrogens with one attached hydrogen (secondary N) is 1. The van der Waals surface area contributed by atoms with E-state index in [0.29, 0.717) is 6.54 Å². The minimum absolute atomic E-state index is 0.393. The zero-order valence-electron chi connectivity index (χ0n) is 10.4. The van der Waals surface area contributed by atoms with Crippen LogP contribution in [0.5, 0.6) is 0 Å². The Balaban J connectivity index is 2.14. The number of alkyl carbamates (subject to hydrolysis) is 1. The number of ether oxygens (including phenoxy) is 1. The summed E-state index contributed by atoms with van der Waals surface area (Å²) in [4.78, 5) is 11.3. The molecule has 94 valence electrons. The van der Waals surface area contributed by atoms with Crippen molar-refractivity contribution in [2.24, 2.45) is 0 Å². The number of hydrogen-bond acceptors (Lipinski definition) is 4. The van der Waals surface area contributed by atoms with Gasteiger partial charge in [-0.05, 0) is 27.2 Å². The van der Waals surface area contributed by atoms with Crippen molar-refractivity contribution in [2.45, 2.75) is 32.8 Å². The van der Waals surface area contributed by atoms with Crippen molar-refractivity contribution in [3.8, 4) is 0 Å². The van der Waals surface area contributed by atoms with Crippen LogP contribution < -0.4 is 5.32 Å². The lowest BCUT2D eigenvalue weighted by Crippen LogP contribution is -2.32. The quantitative estimate of drug-likeness (QED) is 0.819. The second-order valence-corrected chi connectivity index (χ2v) is 4.58. The van der Waals surface area contributed by atoms with Gasteiger partial charge in [-0.3, -0.25) is 0 Å². The number of carbonyl (C=O) groups excluding carboxylic acids is 1. The molecule has 5 nitrogen and oxygen atoms in total. The Morgan fingerprint density at radius 3 is 2.94 bits per heavy atom. The molecule has 0 saturated carbocycles.